The molecule has 36 heavy (non-hydrogen) atoms. The number of aliphatic hydroxyl groups is 1. The van der Waals surface area contributed by atoms with Crippen LogP contribution in [0.15, 0.2) is 18.2 Å². The molecule has 1 fully saturated rings. The number of benzene rings is 1. The lowest BCUT2D eigenvalue weighted by Crippen LogP contribution is -2.47. The molecule has 3 rings (SSSR count). The number of Topliss-reactive ketones (excluding diaryl/α,β-unsaturated/α-hetero) is 1. The maximum absolute atomic E-state index is 12.3. The molecule has 0 bridgehead atoms. The van der Waals surface area contributed by atoms with Crippen molar-refractivity contribution in [3.63, 3.8) is 0 Å². The molecule has 1 aliphatic heterocycles. The molecule has 1 aliphatic carbocycles. The Morgan fingerprint density at radius 3 is 2.61 bits per heavy atom. The third-order valence-corrected chi connectivity index (χ3v) is 7.41. The van der Waals surface area contributed by atoms with Gasteiger partial charge in [0.05, 0.1) is 25.1 Å². The van der Waals surface area contributed by atoms with Crippen molar-refractivity contribution in [2.24, 2.45) is 11.8 Å². The molecule has 0 spiro atoms. The minimum absolute atomic E-state index is 0.0358. The highest BCUT2D eigenvalue weighted by molar-refractivity contribution is 5.85. The van der Waals surface area contributed by atoms with Crippen molar-refractivity contribution >= 4 is 17.6 Å². The molecule has 8 nitrogen and oxygen atoms in total. The molecule has 0 radical (unpaired) electrons. The summed E-state index contributed by atoms with van der Waals surface area (Å²) in [6, 6.07) is 6.17. The van der Waals surface area contributed by atoms with Crippen molar-refractivity contribution in [3.8, 4) is 5.75 Å². The van der Waals surface area contributed by atoms with Gasteiger partial charge in [0.15, 0.2) is 0 Å². The van der Waals surface area contributed by atoms with Gasteiger partial charge in [-0.2, -0.15) is 0 Å². The number of aliphatic hydroxyl groups excluding tert-OH is 1. The van der Waals surface area contributed by atoms with E-state index in [4.69, 9.17) is 9.84 Å². The topological polar surface area (TPSA) is 117 Å². The van der Waals surface area contributed by atoms with Crippen LogP contribution < -0.4 is 20.7 Å². The van der Waals surface area contributed by atoms with E-state index in [2.05, 4.69) is 34.1 Å². The van der Waals surface area contributed by atoms with Crippen LogP contribution in [0.25, 0.3) is 0 Å². The van der Waals surface area contributed by atoms with Crippen LogP contribution in [0.3, 0.4) is 0 Å². The van der Waals surface area contributed by atoms with Gasteiger partial charge in [0.1, 0.15) is 17.6 Å². The second-order valence-electron chi connectivity index (χ2n) is 10.3. The molecule has 1 heterocycles. The Morgan fingerprint density at radius 1 is 1.11 bits per heavy atom. The van der Waals surface area contributed by atoms with Crippen LogP contribution in [0.5, 0.6) is 5.75 Å². The minimum atomic E-state index is -0.526. The number of carbonyl (C=O) groups is 3. The van der Waals surface area contributed by atoms with Crippen LogP contribution >= 0.6 is 0 Å². The summed E-state index contributed by atoms with van der Waals surface area (Å²) in [5, 5.41) is 17.9. The van der Waals surface area contributed by atoms with E-state index >= 15 is 0 Å². The van der Waals surface area contributed by atoms with Gasteiger partial charge in [-0.1, -0.05) is 44.4 Å². The lowest BCUT2D eigenvalue weighted by atomic mass is 9.82. The highest BCUT2D eigenvalue weighted by atomic mass is 16.5. The highest BCUT2D eigenvalue weighted by Crippen LogP contribution is 2.32. The largest absolute Gasteiger partial charge is 0.489 e. The number of fused-ring (bicyclic) bond motifs is 1. The number of ketones is 1. The van der Waals surface area contributed by atoms with E-state index in [9.17, 15) is 14.4 Å². The lowest BCUT2D eigenvalue weighted by Gasteiger charge is -2.33. The standard InChI is InChI=1S/C28H43N3O5/c1-19(18-32)28(35)31-17-25(34)29-15-7-12-22-10-6-11-23-13-14-24(36-27(22)23)16-30-26(20(2)33)21-8-4-3-5-9-21/h6,10-11,19,21,24,26,30,32H,3-5,7-9,12-18H2,1-2H3,(H,29,34)(H,31,35). The summed E-state index contributed by atoms with van der Waals surface area (Å²) < 4.78 is 6.43. The average molecular weight is 502 g/mol. The van der Waals surface area contributed by atoms with Crippen molar-refractivity contribution in [2.45, 2.75) is 83.8 Å². The molecule has 1 aromatic rings. The van der Waals surface area contributed by atoms with Crippen molar-refractivity contribution in [2.75, 3.05) is 26.2 Å². The minimum Gasteiger partial charge on any atom is -0.489 e. The van der Waals surface area contributed by atoms with Gasteiger partial charge >= 0.3 is 0 Å². The zero-order valence-corrected chi connectivity index (χ0v) is 21.8. The van der Waals surface area contributed by atoms with Gasteiger partial charge in [-0.3, -0.25) is 14.4 Å². The lowest BCUT2D eigenvalue weighted by molar-refractivity contribution is -0.129. The Kier molecular flexibility index (Phi) is 11.2. The Labute approximate surface area is 214 Å². The van der Waals surface area contributed by atoms with Gasteiger partial charge in [0.25, 0.3) is 0 Å². The Morgan fingerprint density at radius 2 is 1.89 bits per heavy atom. The smallest absolute Gasteiger partial charge is 0.239 e. The number of rotatable bonds is 13. The number of nitrogens with one attached hydrogen (secondary N) is 3. The maximum atomic E-state index is 12.3. The fourth-order valence-corrected chi connectivity index (χ4v) is 5.23. The normalized spacial score (nSPS) is 19.5. The Bertz CT molecular complexity index is 884. The summed E-state index contributed by atoms with van der Waals surface area (Å²) in [5.41, 5.74) is 2.34. The van der Waals surface area contributed by atoms with E-state index in [0.717, 1.165) is 49.8 Å². The van der Waals surface area contributed by atoms with Gasteiger partial charge in [0, 0.05) is 13.1 Å². The molecule has 8 heteroatoms. The number of carbonyl (C=O) groups excluding carboxylic acids is 3. The van der Waals surface area contributed by atoms with Crippen LogP contribution in [0, 0.1) is 11.8 Å². The molecular weight excluding hydrogens is 458 g/mol. The summed E-state index contributed by atoms with van der Waals surface area (Å²) >= 11 is 0. The zero-order valence-electron chi connectivity index (χ0n) is 21.8. The molecular formula is C28H43N3O5. The number of amides is 2. The Balaban J connectivity index is 1.45. The highest BCUT2D eigenvalue weighted by Gasteiger charge is 2.29. The van der Waals surface area contributed by atoms with E-state index in [0.29, 0.717) is 19.0 Å². The Hall–Kier alpha value is -2.45. The van der Waals surface area contributed by atoms with E-state index < -0.39 is 5.92 Å². The predicted octanol–water partition coefficient (Wildman–Crippen LogP) is 2.30. The third kappa shape index (κ3) is 8.30. The van der Waals surface area contributed by atoms with Gasteiger partial charge in [-0.05, 0) is 62.5 Å². The van der Waals surface area contributed by atoms with Crippen LogP contribution in [-0.2, 0) is 27.2 Å². The first-order valence-corrected chi connectivity index (χ1v) is 13.6. The van der Waals surface area contributed by atoms with E-state index in [1.807, 2.05) is 0 Å². The first-order chi connectivity index (χ1) is 17.4. The molecule has 200 valence electrons. The van der Waals surface area contributed by atoms with Gasteiger partial charge < -0.3 is 25.8 Å². The van der Waals surface area contributed by atoms with Gasteiger partial charge in [-0.25, -0.2) is 0 Å². The summed E-state index contributed by atoms with van der Waals surface area (Å²) in [4.78, 5) is 36.0. The molecule has 1 saturated carbocycles. The third-order valence-electron chi connectivity index (χ3n) is 7.41. The summed E-state index contributed by atoms with van der Waals surface area (Å²) in [6.45, 7) is 4.14. The summed E-state index contributed by atoms with van der Waals surface area (Å²) in [5.74, 6) is 0.501. The van der Waals surface area contributed by atoms with E-state index in [1.54, 1.807) is 13.8 Å². The molecule has 4 N–H and O–H groups in total. The second-order valence-corrected chi connectivity index (χ2v) is 10.3. The number of para-hydroxylation sites is 1. The fraction of sp³-hybridized carbons (Fsp3) is 0.679. The molecule has 3 unspecified atom stereocenters. The monoisotopic (exact) mass is 501 g/mol. The average Bonchev–Trinajstić information content (AvgIpc) is 2.89. The molecule has 2 aliphatic rings. The molecule has 2 amide bonds. The number of hydrogen-bond acceptors (Lipinski definition) is 6. The molecule has 3 atom stereocenters. The number of aryl methyl sites for hydroxylation is 2. The van der Waals surface area contributed by atoms with Crippen LogP contribution in [0.2, 0.25) is 0 Å². The van der Waals surface area contributed by atoms with Gasteiger partial charge in [-0.15, -0.1) is 0 Å². The first kappa shape index (κ1) is 28.1. The quantitative estimate of drug-likeness (QED) is 0.308. The zero-order chi connectivity index (χ0) is 25.9. The van der Waals surface area contributed by atoms with Crippen LogP contribution in [0.4, 0.5) is 0 Å². The van der Waals surface area contributed by atoms with Crippen molar-refractivity contribution in [3.05, 3.63) is 29.3 Å². The van der Waals surface area contributed by atoms with Crippen LogP contribution in [-0.4, -0.2) is 61.1 Å². The SMILES string of the molecule is CC(=O)C(NCC1CCc2cccc(CCCNC(=O)CNC(=O)C(C)CO)c2O1)C1CCCCC1. The van der Waals surface area contributed by atoms with Crippen molar-refractivity contribution in [1.82, 2.24) is 16.0 Å². The second kappa shape index (κ2) is 14.3. The fourth-order valence-electron chi connectivity index (χ4n) is 5.23. The molecule has 0 saturated heterocycles. The number of hydrogen-bond donors (Lipinski definition) is 4. The van der Waals surface area contributed by atoms with Crippen molar-refractivity contribution < 1.29 is 24.2 Å². The number of ether oxygens (including phenoxy) is 1. The summed E-state index contributed by atoms with van der Waals surface area (Å²) in [6.07, 6.45) is 9.39. The van der Waals surface area contributed by atoms with E-state index in [-0.39, 0.29) is 42.9 Å². The van der Waals surface area contributed by atoms with E-state index in [1.165, 1.54) is 24.8 Å². The first-order valence-electron chi connectivity index (χ1n) is 13.6. The van der Waals surface area contributed by atoms with Crippen molar-refractivity contribution in [1.29, 1.82) is 0 Å². The maximum Gasteiger partial charge on any atom is 0.239 e. The van der Waals surface area contributed by atoms with Crippen LogP contribution in [0.1, 0.15) is 69.9 Å². The predicted molar refractivity (Wildman–Crippen MR) is 139 cm³/mol. The van der Waals surface area contributed by atoms with Gasteiger partial charge in [0.2, 0.25) is 11.8 Å². The summed E-state index contributed by atoms with van der Waals surface area (Å²) in [7, 11) is 0. The molecule has 0 aromatic heterocycles. The molecule has 1 aromatic carbocycles.